The van der Waals surface area contributed by atoms with Crippen LogP contribution in [0.4, 0.5) is 8.78 Å². The summed E-state index contributed by atoms with van der Waals surface area (Å²) in [7, 11) is 0. The predicted octanol–water partition coefficient (Wildman–Crippen LogP) is 6.29. The third-order valence-electron chi connectivity index (χ3n) is 5.30. The van der Waals surface area contributed by atoms with Gasteiger partial charge in [-0.05, 0) is 60.8 Å². The Labute approximate surface area is 135 Å². The minimum Gasteiger partial charge on any atom is -0.451 e. The zero-order valence-corrected chi connectivity index (χ0v) is 13.0. The van der Waals surface area contributed by atoms with Gasteiger partial charge in [-0.2, -0.15) is 0 Å². The quantitative estimate of drug-likeness (QED) is 0.644. The van der Waals surface area contributed by atoms with Crippen LogP contribution in [0, 0.1) is 11.6 Å². The third kappa shape index (κ3) is 2.62. The molecule has 4 rings (SSSR count). The molecule has 0 saturated heterocycles. The Balaban J connectivity index is 1.63. The van der Waals surface area contributed by atoms with E-state index in [4.69, 9.17) is 4.74 Å². The Bertz CT molecular complexity index is 656. The van der Waals surface area contributed by atoms with E-state index in [-0.39, 0.29) is 35.0 Å². The molecular formula is C20H20F2O. The van der Waals surface area contributed by atoms with Gasteiger partial charge in [-0.15, -0.1) is 0 Å². The molecule has 0 aliphatic heterocycles. The Hall–Kier alpha value is -1.90. The van der Waals surface area contributed by atoms with Crippen molar-refractivity contribution in [3.8, 4) is 11.5 Å². The maximum Gasteiger partial charge on any atom is 0.169 e. The normalized spacial score (nSPS) is 18.3. The molecular weight excluding hydrogens is 294 g/mol. The SMILES string of the molecule is Fc1c(Oc2cccc(C3CCC3)c2F)cccc1C1CCC1. The minimum absolute atomic E-state index is 0.124. The maximum absolute atomic E-state index is 14.7. The molecule has 120 valence electrons. The molecule has 2 aliphatic carbocycles. The molecule has 0 atom stereocenters. The fraction of sp³-hybridized carbons (Fsp3) is 0.400. The molecule has 2 aromatic rings. The average Bonchev–Trinajstić information content (AvgIpc) is 2.43. The van der Waals surface area contributed by atoms with Crippen LogP contribution in [0.5, 0.6) is 11.5 Å². The maximum atomic E-state index is 14.7. The molecule has 0 radical (unpaired) electrons. The van der Waals surface area contributed by atoms with Crippen LogP contribution in [0.25, 0.3) is 0 Å². The summed E-state index contributed by atoms with van der Waals surface area (Å²) >= 11 is 0. The average molecular weight is 314 g/mol. The summed E-state index contributed by atoms with van der Waals surface area (Å²) in [6, 6.07) is 10.4. The highest BCUT2D eigenvalue weighted by atomic mass is 19.1. The van der Waals surface area contributed by atoms with Gasteiger partial charge in [0.2, 0.25) is 0 Å². The van der Waals surface area contributed by atoms with Gasteiger partial charge < -0.3 is 4.74 Å². The van der Waals surface area contributed by atoms with Crippen LogP contribution in [0.15, 0.2) is 36.4 Å². The van der Waals surface area contributed by atoms with E-state index in [9.17, 15) is 8.78 Å². The lowest BCUT2D eigenvalue weighted by molar-refractivity contribution is 0.371. The lowest BCUT2D eigenvalue weighted by atomic mass is 9.79. The van der Waals surface area contributed by atoms with Crippen LogP contribution in [0.1, 0.15) is 61.5 Å². The van der Waals surface area contributed by atoms with E-state index in [1.807, 2.05) is 12.1 Å². The van der Waals surface area contributed by atoms with E-state index in [1.54, 1.807) is 24.3 Å². The van der Waals surface area contributed by atoms with Crippen LogP contribution >= 0.6 is 0 Å². The van der Waals surface area contributed by atoms with Crippen molar-refractivity contribution >= 4 is 0 Å². The second-order valence-corrected chi connectivity index (χ2v) is 6.68. The van der Waals surface area contributed by atoms with E-state index in [2.05, 4.69) is 0 Å². The Morgan fingerprint density at radius 2 is 1.13 bits per heavy atom. The predicted molar refractivity (Wildman–Crippen MR) is 86.1 cm³/mol. The Morgan fingerprint density at radius 1 is 0.696 bits per heavy atom. The lowest BCUT2D eigenvalue weighted by Crippen LogP contribution is -2.12. The highest BCUT2D eigenvalue weighted by Gasteiger charge is 2.26. The first-order valence-corrected chi connectivity index (χ1v) is 8.48. The van der Waals surface area contributed by atoms with Crippen molar-refractivity contribution in [1.82, 2.24) is 0 Å². The number of benzene rings is 2. The second kappa shape index (κ2) is 5.95. The smallest absolute Gasteiger partial charge is 0.169 e. The van der Waals surface area contributed by atoms with Gasteiger partial charge in [0.05, 0.1) is 0 Å². The van der Waals surface area contributed by atoms with Gasteiger partial charge >= 0.3 is 0 Å². The van der Waals surface area contributed by atoms with Crippen LogP contribution < -0.4 is 4.74 Å². The van der Waals surface area contributed by atoms with E-state index >= 15 is 0 Å². The van der Waals surface area contributed by atoms with Crippen molar-refractivity contribution in [1.29, 1.82) is 0 Å². The molecule has 0 bridgehead atoms. The summed E-state index contributed by atoms with van der Waals surface area (Å²) in [6.07, 6.45) is 6.37. The molecule has 0 unspecified atom stereocenters. The molecule has 0 amide bonds. The van der Waals surface area contributed by atoms with E-state index in [0.717, 1.165) is 38.5 Å². The molecule has 2 fully saturated rings. The number of ether oxygens (including phenoxy) is 1. The summed E-state index contributed by atoms with van der Waals surface area (Å²) < 4.78 is 34.9. The van der Waals surface area contributed by atoms with Crippen molar-refractivity contribution in [2.75, 3.05) is 0 Å². The first-order chi connectivity index (χ1) is 11.2. The zero-order chi connectivity index (χ0) is 15.8. The molecule has 1 nitrogen and oxygen atoms in total. The van der Waals surface area contributed by atoms with Gasteiger partial charge in [0.25, 0.3) is 0 Å². The molecule has 2 aromatic carbocycles. The van der Waals surface area contributed by atoms with Gasteiger partial charge in [-0.25, -0.2) is 8.78 Å². The third-order valence-corrected chi connectivity index (χ3v) is 5.30. The van der Waals surface area contributed by atoms with Gasteiger partial charge in [-0.3, -0.25) is 0 Å². The van der Waals surface area contributed by atoms with Crippen molar-refractivity contribution in [3.63, 3.8) is 0 Å². The molecule has 0 heterocycles. The van der Waals surface area contributed by atoms with Crippen LogP contribution in [-0.2, 0) is 0 Å². The van der Waals surface area contributed by atoms with Crippen molar-refractivity contribution < 1.29 is 13.5 Å². The van der Waals surface area contributed by atoms with Crippen LogP contribution in [-0.4, -0.2) is 0 Å². The molecule has 2 saturated carbocycles. The standard InChI is InChI=1S/C20H20F2O/c21-19-15(13-5-1-6-13)9-3-11-17(19)23-18-12-4-10-16(20(18)22)14-7-2-8-14/h3-4,9-14H,1-2,5-8H2. The highest BCUT2D eigenvalue weighted by Crippen LogP contribution is 2.42. The van der Waals surface area contributed by atoms with Gasteiger partial charge in [0, 0.05) is 0 Å². The number of hydrogen-bond donors (Lipinski definition) is 0. The Morgan fingerprint density at radius 3 is 1.48 bits per heavy atom. The first-order valence-electron chi connectivity index (χ1n) is 8.48. The van der Waals surface area contributed by atoms with E-state index in [0.29, 0.717) is 11.1 Å². The van der Waals surface area contributed by atoms with Crippen LogP contribution in [0.2, 0.25) is 0 Å². The lowest BCUT2D eigenvalue weighted by Gasteiger charge is -2.27. The first kappa shape index (κ1) is 14.7. The van der Waals surface area contributed by atoms with Crippen LogP contribution in [0.3, 0.4) is 0 Å². The summed E-state index contributed by atoms with van der Waals surface area (Å²) in [5, 5.41) is 0. The minimum atomic E-state index is -0.342. The monoisotopic (exact) mass is 314 g/mol. The molecule has 2 aliphatic rings. The summed E-state index contributed by atoms with van der Waals surface area (Å²) in [6.45, 7) is 0. The van der Waals surface area contributed by atoms with Gasteiger partial charge in [-0.1, -0.05) is 37.1 Å². The summed E-state index contributed by atoms with van der Waals surface area (Å²) in [5.74, 6) is 0.129. The summed E-state index contributed by atoms with van der Waals surface area (Å²) in [4.78, 5) is 0. The fourth-order valence-electron chi connectivity index (χ4n) is 3.40. The molecule has 3 heteroatoms. The Kier molecular flexibility index (Phi) is 3.80. The molecule has 0 N–H and O–H groups in total. The van der Waals surface area contributed by atoms with Crippen molar-refractivity contribution in [2.45, 2.75) is 50.4 Å². The molecule has 23 heavy (non-hydrogen) atoms. The summed E-state index contributed by atoms with van der Waals surface area (Å²) in [5.41, 5.74) is 1.40. The topological polar surface area (TPSA) is 9.23 Å². The molecule has 0 aromatic heterocycles. The largest absolute Gasteiger partial charge is 0.451 e. The fourth-order valence-corrected chi connectivity index (χ4v) is 3.40. The number of hydrogen-bond acceptors (Lipinski definition) is 1. The van der Waals surface area contributed by atoms with E-state index < -0.39 is 0 Å². The van der Waals surface area contributed by atoms with Gasteiger partial charge in [0.1, 0.15) is 0 Å². The van der Waals surface area contributed by atoms with Crippen molar-refractivity contribution in [2.24, 2.45) is 0 Å². The zero-order valence-electron chi connectivity index (χ0n) is 13.0. The number of rotatable bonds is 4. The van der Waals surface area contributed by atoms with Gasteiger partial charge in [0.15, 0.2) is 23.1 Å². The van der Waals surface area contributed by atoms with Crippen molar-refractivity contribution in [3.05, 3.63) is 59.2 Å². The molecule has 0 spiro atoms. The van der Waals surface area contributed by atoms with E-state index in [1.165, 1.54) is 0 Å². The highest BCUT2D eigenvalue weighted by molar-refractivity contribution is 5.40. The number of halogens is 2. The second-order valence-electron chi connectivity index (χ2n) is 6.68.